The number of fused-ring (bicyclic) bond motifs is 1. The molecule has 8 heteroatoms. The standard InChI is InChI=1S/C16H14F3N5/c17-16(18,19)13-4-11-3-9(7-21-15(11)24-13)6-20-14-5-12(10-1-2-10)22-8-23-14/h3-5,7-8,10H,1-2,6H2,(H,21,24)(H,20,22,23)/i/hD. The van der Waals surface area contributed by atoms with Gasteiger partial charge in [0.25, 0.3) is 0 Å². The van der Waals surface area contributed by atoms with Gasteiger partial charge in [0.15, 0.2) is 1.41 Å². The van der Waals surface area contributed by atoms with Crippen LogP contribution in [0.4, 0.5) is 19.0 Å². The summed E-state index contributed by atoms with van der Waals surface area (Å²) in [5.41, 5.74) is 0.892. The number of rotatable bonds is 4. The summed E-state index contributed by atoms with van der Waals surface area (Å²) in [5.74, 6) is 0.913. The largest absolute Gasteiger partial charge is 0.431 e. The lowest BCUT2D eigenvalue weighted by atomic mass is 10.2. The molecule has 1 fully saturated rings. The number of halogens is 3. The van der Waals surface area contributed by atoms with Crippen LogP contribution in [0.15, 0.2) is 30.7 Å². The van der Waals surface area contributed by atoms with Gasteiger partial charge in [-0.05, 0) is 30.5 Å². The molecule has 2 N–H and O–H groups in total. The quantitative estimate of drug-likeness (QED) is 0.760. The van der Waals surface area contributed by atoms with E-state index < -0.39 is 11.9 Å². The monoisotopic (exact) mass is 334 g/mol. The Morgan fingerprint density at radius 3 is 2.79 bits per heavy atom. The van der Waals surface area contributed by atoms with Gasteiger partial charge in [-0.3, -0.25) is 0 Å². The second-order valence-corrected chi connectivity index (χ2v) is 5.85. The summed E-state index contributed by atoms with van der Waals surface area (Å²) >= 11 is 0. The molecule has 3 aromatic rings. The normalized spacial score (nSPS) is 15.5. The summed E-state index contributed by atoms with van der Waals surface area (Å²) in [4.78, 5) is 14.6. The Hall–Kier alpha value is -2.64. The van der Waals surface area contributed by atoms with Crippen LogP contribution in [0.5, 0.6) is 0 Å². The van der Waals surface area contributed by atoms with Crippen molar-refractivity contribution in [1.29, 1.82) is 0 Å². The van der Waals surface area contributed by atoms with Crippen molar-refractivity contribution in [3.63, 3.8) is 0 Å². The van der Waals surface area contributed by atoms with Gasteiger partial charge < -0.3 is 10.3 Å². The first-order valence-corrected chi connectivity index (χ1v) is 7.53. The van der Waals surface area contributed by atoms with Crippen molar-refractivity contribution in [3.8, 4) is 0 Å². The average Bonchev–Trinajstić information content (AvgIpc) is 3.33. The smallest absolute Gasteiger partial charge is 0.366 e. The van der Waals surface area contributed by atoms with Gasteiger partial charge >= 0.3 is 6.18 Å². The minimum Gasteiger partial charge on any atom is -0.366 e. The first-order valence-electron chi connectivity index (χ1n) is 7.98. The number of aromatic amines is 1. The molecule has 0 aliphatic heterocycles. The van der Waals surface area contributed by atoms with E-state index >= 15 is 0 Å². The molecule has 1 aliphatic carbocycles. The van der Waals surface area contributed by atoms with Crippen LogP contribution in [0.25, 0.3) is 11.0 Å². The Morgan fingerprint density at radius 2 is 2.04 bits per heavy atom. The molecule has 24 heavy (non-hydrogen) atoms. The van der Waals surface area contributed by atoms with Gasteiger partial charge in [0, 0.05) is 35.8 Å². The molecular weight excluding hydrogens is 319 g/mol. The highest BCUT2D eigenvalue weighted by molar-refractivity contribution is 5.77. The molecule has 0 bridgehead atoms. The zero-order valence-electron chi connectivity index (χ0n) is 13.5. The van der Waals surface area contributed by atoms with Gasteiger partial charge in [-0.15, -0.1) is 0 Å². The maximum Gasteiger partial charge on any atom is 0.431 e. The maximum atomic E-state index is 12.8. The van der Waals surface area contributed by atoms with Crippen molar-refractivity contribution < 1.29 is 14.6 Å². The predicted molar refractivity (Wildman–Crippen MR) is 82.4 cm³/mol. The van der Waals surface area contributed by atoms with Gasteiger partial charge in [-0.25, -0.2) is 15.0 Å². The Balaban J connectivity index is 1.56. The van der Waals surface area contributed by atoms with E-state index in [4.69, 9.17) is 1.41 Å². The molecule has 5 nitrogen and oxygen atoms in total. The third-order valence-corrected chi connectivity index (χ3v) is 3.93. The van der Waals surface area contributed by atoms with Gasteiger partial charge in [0.2, 0.25) is 0 Å². The summed E-state index contributed by atoms with van der Waals surface area (Å²) in [7, 11) is 0. The first-order chi connectivity index (χ1) is 11.9. The van der Waals surface area contributed by atoms with E-state index in [2.05, 4.69) is 19.9 Å². The predicted octanol–water partition coefficient (Wildman–Crippen LogP) is 3.86. The number of nitrogens with one attached hydrogen (secondary N) is 2. The van der Waals surface area contributed by atoms with Crippen molar-refractivity contribution in [1.82, 2.24) is 19.9 Å². The number of H-pyrrole nitrogens is 1. The van der Waals surface area contributed by atoms with Crippen molar-refractivity contribution >= 4 is 16.9 Å². The molecule has 0 unspecified atom stereocenters. The summed E-state index contributed by atoms with van der Waals surface area (Å²) in [6.45, 7) is 0.163. The van der Waals surface area contributed by atoms with E-state index in [0.29, 0.717) is 22.7 Å². The molecule has 0 aromatic carbocycles. The molecule has 124 valence electrons. The van der Waals surface area contributed by atoms with Gasteiger partial charge in [0.1, 0.15) is 23.5 Å². The van der Waals surface area contributed by atoms with Gasteiger partial charge in [-0.1, -0.05) is 0 Å². The number of aromatic nitrogens is 4. The zero-order valence-corrected chi connectivity index (χ0v) is 12.5. The summed E-state index contributed by atoms with van der Waals surface area (Å²) in [6, 6.07) is 4.41. The Morgan fingerprint density at radius 1 is 1.21 bits per heavy atom. The number of anilines is 1. The van der Waals surface area contributed by atoms with E-state index in [1.54, 1.807) is 12.1 Å². The van der Waals surface area contributed by atoms with Crippen LogP contribution < -0.4 is 5.31 Å². The topological polar surface area (TPSA) is 66.5 Å². The molecule has 0 saturated heterocycles. The number of nitrogens with zero attached hydrogens (tertiary/aromatic N) is 3. The second-order valence-electron chi connectivity index (χ2n) is 5.85. The fourth-order valence-electron chi connectivity index (χ4n) is 2.52. The zero-order chi connectivity index (χ0) is 17.6. The molecule has 3 aromatic heterocycles. The van der Waals surface area contributed by atoms with Crippen molar-refractivity contribution in [2.24, 2.45) is 0 Å². The molecule has 1 saturated carbocycles. The minimum atomic E-state index is -4.44. The van der Waals surface area contributed by atoms with Crippen molar-refractivity contribution in [3.05, 3.63) is 47.7 Å². The lowest BCUT2D eigenvalue weighted by Gasteiger charge is -2.06. The van der Waals surface area contributed by atoms with Crippen LogP contribution in [-0.2, 0) is 12.7 Å². The summed E-state index contributed by atoms with van der Waals surface area (Å²) < 4.78 is 46.4. The van der Waals surface area contributed by atoms with Crippen LogP contribution in [-0.4, -0.2) is 19.9 Å². The van der Waals surface area contributed by atoms with Crippen molar-refractivity contribution in [2.45, 2.75) is 31.5 Å². The van der Waals surface area contributed by atoms with Crippen LogP contribution in [0.3, 0.4) is 0 Å². The van der Waals surface area contributed by atoms with Crippen LogP contribution in [0.2, 0.25) is 1.41 Å². The van der Waals surface area contributed by atoms with E-state index in [9.17, 15) is 13.2 Å². The number of hydrogen-bond donors (Lipinski definition) is 2. The van der Waals surface area contributed by atoms with E-state index in [-0.39, 0.29) is 12.2 Å². The molecule has 4 rings (SSSR count). The average molecular weight is 334 g/mol. The summed E-state index contributed by atoms with van der Waals surface area (Å²) in [6.07, 6.45) is 0.661. The molecule has 0 atom stereocenters. The minimum absolute atomic E-state index is 0.163. The summed E-state index contributed by atoms with van der Waals surface area (Å²) in [5, 5.41) is 1.55. The van der Waals surface area contributed by atoms with Crippen LogP contribution in [0.1, 0.15) is 35.7 Å². The van der Waals surface area contributed by atoms with Gasteiger partial charge in [0.05, 0.1) is 0 Å². The van der Waals surface area contributed by atoms with E-state index in [1.807, 2.05) is 0 Å². The third-order valence-electron chi connectivity index (χ3n) is 3.93. The lowest BCUT2D eigenvalue weighted by Crippen LogP contribution is -2.04. The number of alkyl halides is 3. The van der Waals surface area contributed by atoms with Crippen molar-refractivity contribution in [2.75, 3.05) is 5.31 Å². The highest BCUT2D eigenvalue weighted by atomic mass is 19.4. The Bertz CT molecular complexity index is 920. The highest BCUT2D eigenvalue weighted by Crippen LogP contribution is 2.39. The molecular formula is C16H14F3N5. The molecule has 1 aliphatic rings. The number of hydrogen-bond acceptors (Lipinski definition) is 4. The molecule has 0 spiro atoms. The fourth-order valence-corrected chi connectivity index (χ4v) is 2.52. The SMILES string of the molecule is [2H]N(Cc1cnc2[nH]c(C(F)(F)F)cc2c1)c1cc(C2CC2)ncn1. The molecule has 0 radical (unpaired) electrons. The fraction of sp³-hybridized carbons (Fsp3) is 0.312. The Kier molecular flexibility index (Phi) is 3.14. The van der Waals surface area contributed by atoms with E-state index in [1.165, 1.54) is 17.8 Å². The Labute approximate surface area is 136 Å². The van der Waals surface area contributed by atoms with E-state index in [0.717, 1.165) is 24.6 Å². The molecule has 3 heterocycles. The van der Waals surface area contributed by atoms with Crippen LogP contribution in [0, 0.1) is 0 Å². The number of pyridine rings is 1. The first kappa shape index (κ1) is 13.8. The third kappa shape index (κ3) is 3.04. The van der Waals surface area contributed by atoms with Gasteiger partial charge in [-0.2, -0.15) is 13.2 Å². The highest BCUT2D eigenvalue weighted by Gasteiger charge is 2.32. The maximum absolute atomic E-state index is 12.8. The van der Waals surface area contributed by atoms with Crippen LogP contribution >= 0.6 is 0 Å². The molecule has 0 amide bonds. The second kappa shape index (κ2) is 5.47. The lowest BCUT2D eigenvalue weighted by molar-refractivity contribution is -0.140.